The van der Waals surface area contributed by atoms with Gasteiger partial charge in [0.15, 0.2) is 0 Å². The topological polar surface area (TPSA) is 29.5 Å². The fourth-order valence-electron chi connectivity index (χ4n) is 1.15. The minimum absolute atomic E-state index is 0.107. The van der Waals surface area contributed by atoms with Crippen LogP contribution in [0.4, 0.5) is 0 Å². The van der Waals surface area contributed by atoms with Crippen LogP contribution < -0.4 is 0 Å². The number of rotatable bonds is 4. The van der Waals surface area contributed by atoms with Crippen molar-refractivity contribution >= 4 is 5.97 Å². The van der Waals surface area contributed by atoms with Crippen molar-refractivity contribution < 1.29 is 9.53 Å². The highest BCUT2D eigenvalue weighted by Gasteiger charge is 2.34. The number of carbonyl (C=O) groups excluding carboxylic acids is 1. The lowest BCUT2D eigenvalue weighted by molar-refractivity contribution is -0.149. The second-order valence-corrected chi connectivity index (χ2v) is 4.24. The van der Waals surface area contributed by atoms with E-state index in [1.807, 2.05) is 25.9 Å². The van der Waals surface area contributed by atoms with Crippen LogP contribution in [0.3, 0.4) is 0 Å². The summed E-state index contributed by atoms with van der Waals surface area (Å²) in [4.78, 5) is 13.2. The minimum Gasteiger partial charge on any atom is -0.464 e. The number of hydrogen-bond donors (Lipinski definition) is 0. The van der Waals surface area contributed by atoms with E-state index in [-0.39, 0.29) is 12.0 Å². The molecule has 0 radical (unpaired) electrons. The first-order valence-corrected chi connectivity index (χ1v) is 4.85. The van der Waals surface area contributed by atoms with Crippen molar-refractivity contribution in [1.82, 2.24) is 4.90 Å². The van der Waals surface area contributed by atoms with Gasteiger partial charge in [-0.3, -0.25) is 9.69 Å². The molecule has 3 nitrogen and oxygen atoms in total. The first-order valence-electron chi connectivity index (χ1n) is 4.85. The van der Waals surface area contributed by atoms with Crippen LogP contribution >= 0.6 is 0 Å². The molecule has 0 aromatic carbocycles. The lowest BCUT2D eigenvalue weighted by Gasteiger charge is -2.17. The Balaban J connectivity index is 2.17. The summed E-state index contributed by atoms with van der Waals surface area (Å²) < 4.78 is 5.18. The Morgan fingerprint density at radius 1 is 1.62 bits per heavy atom. The van der Waals surface area contributed by atoms with Crippen LogP contribution in [0.15, 0.2) is 0 Å². The Morgan fingerprint density at radius 3 is 2.54 bits per heavy atom. The van der Waals surface area contributed by atoms with Gasteiger partial charge in [-0.05, 0) is 39.3 Å². The lowest BCUT2D eigenvalue weighted by Crippen LogP contribution is -2.34. The van der Waals surface area contributed by atoms with E-state index in [0.717, 1.165) is 5.92 Å². The van der Waals surface area contributed by atoms with Gasteiger partial charge in [0.2, 0.25) is 0 Å². The van der Waals surface area contributed by atoms with Crippen LogP contribution in [-0.4, -0.2) is 37.6 Å². The molecule has 0 heterocycles. The molecule has 13 heavy (non-hydrogen) atoms. The van der Waals surface area contributed by atoms with Gasteiger partial charge in [0.05, 0.1) is 6.61 Å². The van der Waals surface area contributed by atoms with Crippen LogP contribution in [0.25, 0.3) is 0 Å². The molecule has 0 spiro atoms. The van der Waals surface area contributed by atoms with Crippen molar-refractivity contribution in [2.75, 3.05) is 20.7 Å². The van der Waals surface area contributed by atoms with Gasteiger partial charge in [0.1, 0.15) is 6.04 Å². The standard InChI is InChI=1S/C10H19NO2/c1-7-5-9(7)6-13-10(12)8(2)11(3)4/h7-9H,5-6H2,1-4H3/t7?,8-,9?/m0/s1. The molecular formula is C10H19NO2. The highest BCUT2D eigenvalue weighted by Crippen LogP contribution is 2.37. The zero-order chi connectivity index (χ0) is 10.0. The lowest BCUT2D eigenvalue weighted by atomic mass is 10.3. The van der Waals surface area contributed by atoms with Crippen LogP contribution in [0.1, 0.15) is 20.3 Å². The number of esters is 1. The third kappa shape index (κ3) is 2.99. The maximum absolute atomic E-state index is 11.4. The van der Waals surface area contributed by atoms with Gasteiger partial charge in [0.25, 0.3) is 0 Å². The van der Waals surface area contributed by atoms with Gasteiger partial charge in [-0.25, -0.2) is 0 Å². The summed E-state index contributed by atoms with van der Waals surface area (Å²) in [6, 6.07) is -0.131. The molecule has 1 saturated carbocycles. The maximum atomic E-state index is 11.4. The number of hydrogen-bond acceptors (Lipinski definition) is 3. The van der Waals surface area contributed by atoms with Crippen molar-refractivity contribution in [3.05, 3.63) is 0 Å². The van der Waals surface area contributed by atoms with Crippen molar-refractivity contribution in [2.45, 2.75) is 26.3 Å². The number of carbonyl (C=O) groups is 1. The molecule has 1 fully saturated rings. The number of likely N-dealkylation sites (N-methyl/N-ethyl adjacent to an activating group) is 1. The summed E-state index contributed by atoms with van der Waals surface area (Å²) in [7, 11) is 3.76. The fourth-order valence-corrected chi connectivity index (χ4v) is 1.15. The van der Waals surface area contributed by atoms with E-state index >= 15 is 0 Å². The van der Waals surface area contributed by atoms with Crippen molar-refractivity contribution in [1.29, 1.82) is 0 Å². The molecule has 0 amide bonds. The van der Waals surface area contributed by atoms with Crippen LogP contribution in [0.2, 0.25) is 0 Å². The van der Waals surface area contributed by atoms with Crippen LogP contribution in [0, 0.1) is 11.8 Å². The zero-order valence-corrected chi connectivity index (χ0v) is 8.91. The predicted octanol–water partition coefficient (Wildman–Crippen LogP) is 1.14. The molecule has 0 bridgehead atoms. The Hall–Kier alpha value is -0.570. The van der Waals surface area contributed by atoms with Gasteiger partial charge in [-0.15, -0.1) is 0 Å². The van der Waals surface area contributed by atoms with E-state index in [9.17, 15) is 4.79 Å². The third-order valence-electron chi connectivity index (χ3n) is 2.83. The fraction of sp³-hybridized carbons (Fsp3) is 0.900. The number of nitrogens with zero attached hydrogens (tertiary/aromatic N) is 1. The van der Waals surface area contributed by atoms with E-state index < -0.39 is 0 Å². The van der Waals surface area contributed by atoms with Gasteiger partial charge in [0, 0.05) is 0 Å². The van der Waals surface area contributed by atoms with Gasteiger partial charge < -0.3 is 4.74 Å². The minimum atomic E-state index is -0.131. The summed E-state index contributed by atoms with van der Waals surface area (Å²) >= 11 is 0. The highest BCUT2D eigenvalue weighted by molar-refractivity contribution is 5.75. The molecule has 0 N–H and O–H groups in total. The predicted molar refractivity (Wildman–Crippen MR) is 51.4 cm³/mol. The Kier molecular flexibility index (Phi) is 3.31. The summed E-state index contributed by atoms with van der Waals surface area (Å²) in [5.41, 5.74) is 0. The van der Waals surface area contributed by atoms with Crippen LogP contribution in [0.5, 0.6) is 0 Å². The first kappa shape index (κ1) is 10.5. The largest absolute Gasteiger partial charge is 0.464 e. The molecule has 1 rings (SSSR count). The molecule has 1 aliphatic carbocycles. The Bertz CT molecular complexity index is 191. The molecule has 0 saturated heterocycles. The SMILES string of the molecule is CC1CC1COC(=O)[C@H](C)N(C)C. The van der Waals surface area contributed by atoms with Gasteiger partial charge in [-0.1, -0.05) is 6.92 Å². The molecule has 0 aromatic rings. The number of ether oxygens (including phenoxy) is 1. The van der Waals surface area contributed by atoms with E-state index in [1.165, 1.54) is 6.42 Å². The summed E-state index contributed by atoms with van der Waals surface area (Å²) in [6.45, 7) is 4.66. The second kappa shape index (κ2) is 4.09. The van der Waals surface area contributed by atoms with E-state index in [2.05, 4.69) is 6.92 Å². The van der Waals surface area contributed by atoms with E-state index in [0.29, 0.717) is 12.5 Å². The van der Waals surface area contributed by atoms with E-state index in [4.69, 9.17) is 4.74 Å². The normalized spacial score (nSPS) is 28.7. The van der Waals surface area contributed by atoms with Crippen molar-refractivity contribution in [3.63, 3.8) is 0 Å². The first-order chi connectivity index (χ1) is 6.02. The average Bonchev–Trinajstić information content (AvgIpc) is 2.76. The quantitative estimate of drug-likeness (QED) is 0.615. The Morgan fingerprint density at radius 2 is 2.15 bits per heavy atom. The van der Waals surface area contributed by atoms with Crippen molar-refractivity contribution in [2.24, 2.45) is 11.8 Å². The average molecular weight is 185 g/mol. The van der Waals surface area contributed by atoms with Gasteiger partial charge in [-0.2, -0.15) is 0 Å². The molecule has 0 aliphatic heterocycles. The molecule has 0 aromatic heterocycles. The molecule has 3 atom stereocenters. The Labute approximate surface area is 80.1 Å². The highest BCUT2D eigenvalue weighted by atomic mass is 16.5. The van der Waals surface area contributed by atoms with Crippen molar-refractivity contribution in [3.8, 4) is 0 Å². The smallest absolute Gasteiger partial charge is 0.323 e. The third-order valence-corrected chi connectivity index (χ3v) is 2.83. The molecule has 1 aliphatic rings. The summed E-state index contributed by atoms with van der Waals surface area (Å²) in [5.74, 6) is 1.27. The maximum Gasteiger partial charge on any atom is 0.323 e. The molecule has 3 heteroatoms. The summed E-state index contributed by atoms with van der Waals surface area (Å²) in [6.07, 6.45) is 1.21. The van der Waals surface area contributed by atoms with Gasteiger partial charge >= 0.3 is 5.97 Å². The molecule has 76 valence electrons. The molecule has 2 unspecified atom stereocenters. The second-order valence-electron chi connectivity index (χ2n) is 4.24. The summed E-state index contributed by atoms with van der Waals surface area (Å²) in [5, 5.41) is 0. The monoisotopic (exact) mass is 185 g/mol. The van der Waals surface area contributed by atoms with Crippen LogP contribution in [-0.2, 0) is 9.53 Å². The molecular weight excluding hydrogens is 166 g/mol. The zero-order valence-electron chi connectivity index (χ0n) is 8.91. The van der Waals surface area contributed by atoms with E-state index in [1.54, 1.807) is 0 Å².